The van der Waals surface area contributed by atoms with Crippen molar-refractivity contribution in [3.05, 3.63) is 132 Å². The lowest BCUT2D eigenvalue weighted by atomic mass is 10.1. The van der Waals surface area contributed by atoms with E-state index in [1.54, 1.807) is 58.0 Å². The van der Waals surface area contributed by atoms with Gasteiger partial charge in [0.25, 0.3) is 11.8 Å². The number of aryl methyl sites for hydroxylation is 3. The van der Waals surface area contributed by atoms with E-state index < -0.39 is 23.5 Å². The minimum atomic E-state index is -2.60. The van der Waals surface area contributed by atoms with Crippen LogP contribution in [0.25, 0.3) is 55.4 Å². The molecule has 0 unspecified atom stereocenters. The molecular formula is C49H44F6N14S2. The number of H-pyrrole nitrogens is 1. The molecule has 0 spiro atoms. The van der Waals surface area contributed by atoms with Crippen LogP contribution in [0, 0.1) is 23.3 Å². The number of rotatable bonds is 6. The molecule has 0 radical (unpaired) electrons. The van der Waals surface area contributed by atoms with Gasteiger partial charge < -0.3 is 9.80 Å². The van der Waals surface area contributed by atoms with Crippen LogP contribution in [0.4, 0.5) is 37.7 Å². The monoisotopic (exact) mass is 1010 g/mol. The van der Waals surface area contributed by atoms with E-state index in [0.29, 0.717) is 47.2 Å². The van der Waals surface area contributed by atoms with E-state index >= 15 is 0 Å². The first kappa shape index (κ1) is 47.4. The molecule has 2 fully saturated rings. The molecule has 364 valence electrons. The molecular weight excluding hydrogens is 963 g/mol. The standard InChI is InChI=1S/C24H20F3N7S.C15H16F2N2.C10H8FN5S/c1-32-13-17(11-29-32)16-10-20(25)22-30-31-23(34(22)14-16)35-19-2-3-21-15(9-19)8-18(12-28-21)33-6-4-24(26,27)5-7-33;1-11-2-3-14-12(8-11)9-13(10-18-14)19-6-4-15(16,17)5-7-19;1-15-4-7(3-12-15)6-2-8(11)9-13-14-10(17)16(9)5-6/h2-3,8-14H,4-7H2,1H3;2-3,8-10H,4-7H2,1H3;2-5H,1H3,(H,14,17). The average molecular weight is 1010 g/mol. The molecule has 14 nitrogen and oxygen atoms in total. The van der Waals surface area contributed by atoms with Crippen LogP contribution in [0.15, 0.2) is 120 Å². The number of nitrogens with one attached hydrogen (secondary N) is 1. The molecule has 10 aromatic rings. The molecule has 2 aliphatic rings. The van der Waals surface area contributed by atoms with Gasteiger partial charge in [-0.2, -0.15) is 15.3 Å². The van der Waals surface area contributed by atoms with E-state index in [2.05, 4.69) is 46.6 Å². The van der Waals surface area contributed by atoms with Gasteiger partial charge in [0.15, 0.2) is 27.7 Å². The Bertz CT molecular complexity index is 3620. The van der Waals surface area contributed by atoms with Crippen molar-refractivity contribution in [2.24, 2.45) is 14.1 Å². The van der Waals surface area contributed by atoms with Crippen LogP contribution in [-0.4, -0.2) is 96.7 Å². The molecule has 0 amide bonds. The number of piperidine rings is 2. The fraction of sp³-hybridized carbons (Fsp3) is 0.265. The molecule has 10 heterocycles. The lowest BCUT2D eigenvalue weighted by molar-refractivity contribution is -0.0226. The maximum atomic E-state index is 14.7. The van der Waals surface area contributed by atoms with Gasteiger partial charge in [-0.05, 0) is 85.5 Å². The van der Waals surface area contributed by atoms with Gasteiger partial charge in [0.05, 0.1) is 47.2 Å². The number of alkyl halides is 4. The number of aromatic amines is 1. The predicted octanol–water partition coefficient (Wildman–Crippen LogP) is 10.9. The fourth-order valence-corrected chi connectivity index (χ4v) is 9.50. The van der Waals surface area contributed by atoms with E-state index in [-0.39, 0.29) is 37.0 Å². The highest BCUT2D eigenvalue weighted by atomic mass is 32.2. The maximum absolute atomic E-state index is 14.7. The number of hydrogen-bond donors (Lipinski definition) is 1. The van der Waals surface area contributed by atoms with Crippen LogP contribution < -0.4 is 9.80 Å². The van der Waals surface area contributed by atoms with Crippen molar-refractivity contribution in [3.8, 4) is 22.3 Å². The first-order valence-electron chi connectivity index (χ1n) is 22.5. The summed E-state index contributed by atoms with van der Waals surface area (Å²) < 4.78 is 88.8. The van der Waals surface area contributed by atoms with Gasteiger partial charge in [-0.1, -0.05) is 11.6 Å². The van der Waals surface area contributed by atoms with Gasteiger partial charge in [0.1, 0.15) is 0 Å². The topological polar surface area (TPSA) is 131 Å². The van der Waals surface area contributed by atoms with E-state index in [9.17, 15) is 26.3 Å². The normalized spacial score (nSPS) is 15.5. The smallest absolute Gasteiger partial charge is 0.251 e. The zero-order valence-corrected chi connectivity index (χ0v) is 40.1. The van der Waals surface area contributed by atoms with E-state index in [1.165, 1.54) is 33.9 Å². The number of anilines is 2. The summed E-state index contributed by atoms with van der Waals surface area (Å²) in [5.74, 6) is -5.98. The van der Waals surface area contributed by atoms with Crippen molar-refractivity contribution in [1.82, 2.24) is 58.7 Å². The highest BCUT2D eigenvalue weighted by molar-refractivity contribution is 7.99. The number of hydrogen-bond acceptors (Lipinski definition) is 11. The molecule has 12 rings (SSSR count). The first-order chi connectivity index (χ1) is 34.0. The van der Waals surface area contributed by atoms with Crippen molar-refractivity contribution >= 4 is 68.5 Å². The van der Waals surface area contributed by atoms with Crippen LogP contribution >= 0.6 is 24.0 Å². The molecule has 8 aromatic heterocycles. The number of benzene rings is 2. The predicted molar refractivity (Wildman–Crippen MR) is 263 cm³/mol. The zero-order valence-electron chi connectivity index (χ0n) is 38.4. The van der Waals surface area contributed by atoms with Gasteiger partial charge in [-0.3, -0.25) is 33.2 Å². The van der Waals surface area contributed by atoms with E-state index in [0.717, 1.165) is 49.2 Å². The van der Waals surface area contributed by atoms with Gasteiger partial charge in [0.2, 0.25) is 5.16 Å². The highest BCUT2D eigenvalue weighted by Crippen LogP contribution is 2.35. The number of nitrogens with zero attached hydrogens (tertiary/aromatic N) is 13. The lowest BCUT2D eigenvalue weighted by Crippen LogP contribution is -2.39. The van der Waals surface area contributed by atoms with Crippen LogP contribution in [-0.2, 0) is 14.1 Å². The summed E-state index contributed by atoms with van der Waals surface area (Å²) >= 11 is 6.38. The maximum Gasteiger partial charge on any atom is 0.251 e. The highest BCUT2D eigenvalue weighted by Gasteiger charge is 2.35. The summed E-state index contributed by atoms with van der Waals surface area (Å²) in [6.07, 6.45) is 13.6. The second-order valence-electron chi connectivity index (χ2n) is 17.6. The Morgan fingerprint density at radius 1 is 0.592 bits per heavy atom. The number of fused-ring (bicyclic) bond motifs is 4. The summed E-state index contributed by atoms with van der Waals surface area (Å²) in [5, 5.41) is 25.3. The summed E-state index contributed by atoms with van der Waals surface area (Å²) in [6.45, 7) is 3.42. The average Bonchev–Trinajstić information content (AvgIpc) is 4.17. The Morgan fingerprint density at radius 2 is 1.11 bits per heavy atom. The Labute approximate surface area is 411 Å². The minimum absolute atomic E-state index is 0.0706. The third-order valence-electron chi connectivity index (χ3n) is 12.4. The lowest BCUT2D eigenvalue weighted by Gasteiger charge is -2.33. The van der Waals surface area contributed by atoms with Crippen LogP contribution in [0.5, 0.6) is 0 Å². The van der Waals surface area contributed by atoms with Crippen LogP contribution in [0.2, 0.25) is 0 Å². The molecule has 71 heavy (non-hydrogen) atoms. The minimum Gasteiger partial charge on any atom is -0.370 e. The molecule has 0 saturated carbocycles. The second-order valence-corrected chi connectivity index (χ2v) is 19.0. The van der Waals surface area contributed by atoms with Crippen molar-refractivity contribution in [2.45, 2.75) is 54.5 Å². The molecule has 2 aliphatic heterocycles. The fourth-order valence-electron chi connectivity index (χ4n) is 8.47. The largest absolute Gasteiger partial charge is 0.370 e. The summed E-state index contributed by atoms with van der Waals surface area (Å²) in [7, 11) is 3.61. The van der Waals surface area contributed by atoms with Crippen LogP contribution in [0.1, 0.15) is 31.2 Å². The summed E-state index contributed by atoms with van der Waals surface area (Å²) in [6, 6.07) is 18.7. The molecule has 0 aliphatic carbocycles. The van der Waals surface area contributed by atoms with Crippen molar-refractivity contribution in [1.29, 1.82) is 0 Å². The molecule has 1 N–H and O–H groups in total. The molecule has 2 aromatic carbocycles. The quantitative estimate of drug-likeness (QED) is 0.126. The summed E-state index contributed by atoms with van der Waals surface area (Å²) in [5.41, 5.74) is 8.03. The Kier molecular flexibility index (Phi) is 12.7. The van der Waals surface area contributed by atoms with Gasteiger partial charge >= 0.3 is 0 Å². The van der Waals surface area contributed by atoms with E-state index in [4.69, 9.17) is 12.2 Å². The summed E-state index contributed by atoms with van der Waals surface area (Å²) in [4.78, 5) is 13.7. The third kappa shape index (κ3) is 10.4. The zero-order chi connectivity index (χ0) is 49.6. The second kappa shape index (κ2) is 19.1. The Morgan fingerprint density at radius 3 is 1.66 bits per heavy atom. The first-order valence-corrected chi connectivity index (χ1v) is 23.7. The van der Waals surface area contributed by atoms with Crippen molar-refractivity contribution in [3.63, 3.8) is 0 Å². The van der Waals surface area contributed by atoms with Crippen molar-refractivity contribution < 1.29 is 26.3 Å². The number of aromatic nitrogens is 12. The van der Waals surface area contributed by atoms with E-state index in [1.807, 2.05) is 78.6 Å². The molecule has 22 heteroatoms. The van der Waals surface area contributed by atoms with Crippen molar-refractivity contribution in [2.75, 3.05) is 36.0 Å². The SMILES string of the molecule is Cc1ccc2ncc(N3CCC(F)(F)CC3)cc2c1.Cn1cc(-c2cc(F)c3n[nH]c(=S)n3c2)cn1.Cn1cc(-c2cc(F)c3nnc(Sc4ccc5ncc(N6CCC(F)(F)CC6)cc5c4)n3c2)cn1. The molecule has 0 atom stereocenters. The number of pyridine rings is 4. The van der Waals surface area contributed by atoms with Gasteiger partial charge in [0, 0.05) is 129 Å². The Hall–Kier alpha value is -7.33. The number of halogens is 6. The van der Waals surface area contributed by atoms with Gasteiger partial charge in [-0.25, -0.2) is 26.3 Å². The Balaban J connectivity index is 0.000000136. The van der Waals surface area contributed by atoms with Crippen LogP contribution in [0.3, 0.4) is 0 Å². The molecule has 2 saturated heterocycles. The third-order valence-corrected chi connectivity index (χ3v) is 13.6. The molecule has 0 bridgehead atoms. The van der Waals surface area contributed by atoms with Gasteiger partial charge in [-0.15, -0.1) is 10.2 Å².